The van der Waals surface area contributed by atoms with E-state index in [1.54, 1.807) is 0 Å². The summed E-state index contributed by atoms with van der Waals surface area (Å²) in [5.41, 5.74) is 0.369. The third-order valence-corrected chi connectivity index (χ3v) is 0.896. The lowest BCUT2D eigenvalue weighted by Gasteiger charge is -2.01. The minimum absolute atomic E-state index is 0.151. The number of alkyl halides is 2. The van der Waals surface area contributed by atoms with Crippen molar-refractivity contribution < 1.29 is 13.5 Å². The molecule has 1 nitrogen and oxygen atoms in total. The molecule has 0 rings (SSSR count). The van der Waals surface area contributed by atoms with Gasteiger partial charge < -0.3 is 4.74 Å². The summed E-state index contributed by atoms with van der Waals surface area (Å²) < 4.78 is 26.9. The quantitative estimate of drug-likeness (QED) is 0.358. The van der Waals surface area contributed by atoms with E-state index >= 15 is 0 Å². The number of rotatable bonds is 4. The summed E-state index contributed by atoms with van der Waals surface area (Å²) in [6.07, 6.45) is 7.54. The maximum Gasteiger partial charge on any atom is 0.387 e. The van der Waals surface area contributed by atoms with Gasteiger partial charge in [0.2, 0.25) is 0 Å². The maximum atomic E-state index is 11.5. The molecule has 0 atom stereocenters. The van der Waals surface area contributed by atoms with Crippen molar-refractivity contribution in [2.45, 2.75) is 6.61 Å². The monoisotopic (exact) mass is 170 g/mol. The first kappa shape index (κ1) is 10.4. The summed E-state index contributed by atoms with van der Waals surface area (Å²) in [5, 5.41) is 0. The van der Waals surface area contributed by atoms with E-state index in [0.717, 1.165) is 0 Å². The number of halogens is 2. The SMILES string of the molecule is C#CC(=C)/C=C\C(=C)OC(F)F. The van der Waals surface area contributed by atoms with Gasteiger partial charge in [-0.1, -0.05) is 19.1 Å². The molecule has 0 fully saturated rings. The van der Waals surface area contributed by atoms with Crippen LogP contribution in [0.5, 0.6) is 0 Å². The second-order valence-corrected chi connectivity index (χ2v) is 1.85. The van der Waals surface area contributed by atoms with Crippen LogP contribution in [0.3, 0.4) is 0 Å². The van der Waals surface area contributed by atoms with Gasteiger partial charge in [0.25, 0.3) is 0 Å². The molecule has 0 N–H and O–H groups in total. The molecule has 12 heavy (non-hydrogen) atoms. The molecule has 0 aromatic heterocycles. The third kappa shape index (κ3) is 5.24. The van der Waals surface area contributed by atoms with Gasteiger partial charge >= 0.3 is 6.61 Å². The van der Waals surface area contributed by atoms with Crippen molar-refractivity contribution in [2.24, 2.45) is 0 Å². The number of terminal acetylenes is 1. The van der Waals surface area contributed by atoms with Crippen LogP contribution in [0.25, 0.3) is 0 Å². The molecule has 0 bridgehead atoms. The predicted molar refractivity (Wildman–Crippen MR) is 43.3 cm³/mol. The van der Waals surface area contributed by atoms with E-state index in [1.165, 1.54) is 12.2 Å². The minimum atomic E-state index is -2.86. The van der Waals surface area contributed by atoms with Gasteiger partial charge in [0.15, 0.2) is 0 Å². The van der Waals surface area contributed by atoms with Gasteiger partial charge in [0.1, 0.15) is 5.76 Å². The van der Waals surface area contributed by atoms with Gasteiger partial charge in [0.05, 0.1) is 0 Å². The molecule has 0 unspecified atom stereocenters. The Kier molecular flexibility index (Phi) is 4.47. The minimum Gasteiger partial charge on any atom is -0.435 e. The van der Waals surface area contributed by atoms with Crippen LogP contribution in [-0.4, -0.2) is 6.61 Å². The van der Waals surface area contributed by atoms with Gasteiger partial charge in [0, 0.05) is 5.57 Å². The highest BCUT2D eigenvalue weighted by Gasteiger charge is 2.00. The highest BCUT2D eigenvalue weighted by Crippen LogP contribution is 2.05. The summed E-state index contributed by atoms with van der Waals surface area (Å²) in [4.78, 5) is 0. The van der Waals surface area contributed by atoms with E-state index in [4.69, 9.17) is 6.42 Å². The lowest BCUT2D eigenvalue weighted by atomic mass is 10.3. The molecule has 0 aromatic rings. The van der Waals surface area contributed by atoms with Crippen LogP contribution in [0.1, 0.15) is 0 Å². The van der Waals surface area contributed by atoms with Gasteiger partial charge in [-0.25, -0.2) is 0 Å². The number of ether oxygens (including phenoxy) is 1. The zero-order valence-electron chi connectivity index (χ0n) is 6.39. The topological polar surface area (TPSA) is 9.23 Å². The Labute approximate surface area is 70.0 Å². The van der Waals surface area contributed by atoms with E-state index in [-0.39, 0.29) is 5.76 Å². The molecule has 0 radical (unpaired) electrons. The highest BCUT2D eigenvalue weighted by atomic mass is 19.3. The first-order chi connectivity index (χ1) is 5.56. The van der Waals surface area contributed by atoms with E-state index < -0.39 is 6.61 Å². The summed E-state index contributed by atoms with van der Waals surface area (Å²) in [5.74, 6) is 2.06. The van der Waals surface area contributed by atoms with E-state index in [0.29, 0.717) is 5.57 Å². The lowest BCUT2D eigenvalue weighted by molar-refractivity contribution is -0.0915. The van der Waals surface area contributed by atoms with Crippen molar-refractivity contribution in [3.63, 3.8) is 0 Å². The standard InChI is InChI=1S/C9H8F2O/c1-4-7(2)5-6-8(3)12-9(10)11/h1,5-6,9H,2-3H2/b6-5-. The van der Waals surface area contributed by atoms with Crippen LogP contribution < -0.4 is 0 Å². The zero-order valence-corrected chi connectivity index (χ0v) is 6.39. The van der Waals surface area contributed by atoms with Gasteiger partial charge in [-0.2, -0.15) is 8.78 Å². The van der Waals surface area contributed by atoms with Crippen molar-refractivity contribution in [3.8, 4) is 12.3 Å². The van der Waals surface area contributed by atoms with Gasteiger partial charge in [-0.05, 0) is 12.2 Å². The Balaban J connectivity index is 3.94. The molecule has 3 heteroatoms. The lowest BCUT2D eigenvalue weighted by Crippen LogP contribution is -1.95. The van der Waals surface area contributed by atoms with Crippen LogP contribution in [0.2, 0.25) is 0 Å². The smallest absolute Gasteiger partial charge is 0.387 e. The Hall–Kier alpha value is -1.56. The summed E-state index contributed by atoms with van der Waals surface area (Å²) in [6.45, 7) is 3.76. The van der Waals surface area contributed by atoms with Gasteiger partial charge in [-0.3, -0.25) is 0 Å². The van der Waals surface area contributed by atoms with Crippen LogP contribution >= 0.6 is 0 Å². The van der Waals surface area contributed by atoms with E-state index in [2.05, 4.69) is 23.8 Å². The van der Waals surface area contributed by atoms with Crippen LogP contribution in [0, 0.1) is 12.3 Å². The molecule has 0 amide bonds. The highest BCUT2D eigenvalue weighted by molar-refractivity contribution is 5.35. The molecule has 0 aromatic carbocycles. The molecule has 0 saturated carbocycles. The summed E-state index contributed by atoms with van der Waals surface area (Å²) in [7, 11) is 0. The van der Waals surface area contributed by atoms with E-state index in [9.17, 15) is 8.78 Å². The maximum absolute atomic E-state index is 11.5. The predicted octanol–water partition coefficient (Wildman–Crippen LogP) is 2.48. The largest absolute Gasteiger partial charge is 0.435 e. The molecule has 64 valence electrons. The fourth-order valence-electron chi connectivity index (χ4n) is 0.395. The van der Waals surface area contributed by atoms with Crippen molar-refractivity contribution in [3.05, 3.63) is 36.6 Å². The van der Waals surface area contributed by atoms with Crippen LogP contribution in [0.15, 0.2) is 36.6 Å². The average Bonchev–Trinajstić information content (AvgIpc) is 1.99. The molecule has 0 heterocycles. The summed E-state index contributed by atoms with van der Waals surface area (Å²) >= 11 is 0. The Morgan fingerprint density at radius 1 is 1.42 bits per heavy atom. The summed E-state index contributed by atoms with van der Waals surface area (Å²) in [6, 6.07) is 0. The number of hydrogen-bond acceptors (Lipinski definition) is 1. The third-order valence-electron chi connectivity index (χ3n) is 0.896. The second kappa shape index (κ2) is 5.14. The molecule has 0 spiro atoms. The zero-order chi connectivity index (χ0) is 9.56. The van der Waals surface area contributed by atoms with Crippen LogP contribution in [0.4, 0.5) is 8.78 Å². The van der Waals surface area contributed by atoms with Gasteiger partial charge in [-0.15, -0.1) is 6.42 Å². The average molecular weight is 170 g/mol. The Morgan fingerprint density at radius 3 is 2.42 bits per heavy atom. The first-order valence-corrected chi connectivity index (χ1v) is 3.03. The molecule has 0 aliphatic heterocycles. The molecular formula is C9H8F2O. The number of hydrogen-bond donors (Lipinski definition) is 0. The van der Waals surface area contributed by atoms with Crippen LogP contribution in [-0.2, 0) is 4.74 Å². The van der Waals surface area contributed by atoms with Crippen molar-refractivity contribution in [1.29, 1.82) is 0 Å². The van der Waals surface area contributed by atoms with E-state index in [1.807, 2.05) is 0 Å². The fraction of sp³-hybridized carbons (Fsp3) is 0.111. The first-order valence-electron chi connectivity index (χ1n) is 3.03. The van der Waals surface area contributed by atoms with Crippen molar-refractivity contribution in [1.82, 2.24) is 0 Å². The van der Waals surface area contributed by atoms with Crippen molar-refractivity contribution >= 4 is 0 Å². The van der Waals surface area contributed by atoms with Crippen molar-refractivity contribution in [2.75, 3.05) is 0 Å². The molecule has 0 aliphatic carbocycles. The number of allylic oxidation sites excluding steroid dienone is 3. The normalized spacial score (nSPS) is 9.83. The molecule has 0 saturated heterocycles. The molecular weight excluding hydrogens is 162 g/mol. The Bertz CT molecular complexity index is 246. The fourth-order valence-corrected chi connectivity index (χ4v) is 0.395. The Morgan fingerprint density at radius 2 is 2.00 bits per heavy atom. The molecule has 0 aliphatic rings. The second-order valence-electron chi connectivity index (χ2n) is 1.85.